The van der Waals surface area contributed by atoms with Crippen molar-refractivity contribution >= 4 is 33.2 Å². The molecule has 45 heavy (non-hydrogen) atoms. The van der Waals surface area contributed by atoms with Crippen LogP contribution in [0.4, 0.5) is 5.69 Å². The van der Waals surface area contributed by atoms with Crippen LogP contribution in [0, 0.1) is 11.8 Å². The molecule has 2 aliphatic carbocycles. The number of anilines is 1. The lowest BCUT2D eigenvalue weighted by atomic mass is 9.68. The predicted molar refractivity (Wildman–Crippen MR) is 177 cm³/mol. The lowest BCUT2D eigenvalue weighted by Crippen LogP contribution is -2.49. The molecule has 0 aromatic heterocycles. The van der Waals surface area contributed by atoms with E-state index in [2.05, 4.69) is 21.8 Å². The van der Waals surface area contributed by atoms with Gasteiger partial charge in [-0.1, -0.05) is 54.4 Å². The summed E-state index contributed by atoms with van der Waals surface area (Å²) in [5.41, 5.74) is 4.27. The fraction of sp³-hybridized carbons (Fsp3) is 0.472. The summed E-state index contributed by atoms with van der Waals surface area (Å²) >= 11 is 6.41. The van der Waals surface area contributed by atoms with Gasteiger partial charge in [0.15, 0.2) is 0 Å². The van der Waals surface area contributed by atoms with Crippen LogP contribution in [0.15, 0.2) is 66.7 Å². The van der Waals surface area contributed by atoms with Crippen molar-refractivity contribution in [1.29, 1.82) is 0 Å². The number of hydrogen-bond acceptors (Lipinski definition) is 6. The first-order valence-electron chi connectivity index (χ1n) is 16.3. The molecule has 2 N–H and O–H groups in total. The molecule has 5 atom stereocenters. The van der Waals surface area contributed by atoms with Crippen LogP contribution in [0.1, 0.15) is 77.9 Å². The van der Waals surface area contributed by atoms with Crippen molar-refractivity contribution in [2.75, 3.05) is 30.3 Å². The predicted octanol–water partition coefficient (Wildman–Crippen LogP) is 6.23. The number of fused-ring (bicyclic) bond motifs is 4. The van der Waals surface area contributed by atoms with E-state index in [0.717, 1.165) is 54.9 Å². The highest BCUT2D eigenvalue weighted by molar-refractivity contribution is 7.90. The Morgan fingerprint density at radius 1 is 0.978 bits per heavy atom. The summed E-state index contributed by atoms with van der Waals surface area (Å²) in [6.07, 6.45) is 6.50. The van der Waals surface area contributed by atoms with Crippen molar-refractivity contribution in [3.63, 3.8) is 0 Å². The number of carbonyl (C=O) groups is 1. The number of carbonyl (C=O) groups excluding carboxylic acids is 1. The standard InChI is InChI=1S/C36H41ClN2O5S/c37-29-13-15-31-25(18-29)9-5-17-36(31)22-39-20-27-11-14-30(27)33(40)10-4-8-28(24-6-2-1-3-7-24)21-45(42,43)38-35(41)26-12-16-34(44-23-36)32(39)19-26/h1-3,6-7,12-13,15-16,18-19,27-28,30,33,40H,4-5,8-11,14,17,20-23H2,(H,38,41)/t27-,28-,30+,33-,36-/m0/s1. The third-order valence-electron chi connectivity index (χ3n) is 10.7. The Labute approximate surface area is 271 Å². The van der Waals surface area contributed by atoms with E-state index < -0.39 is 22.0 Å². The maximum atomic E-state index is 13.5. The van der Waals surface area contributed by atoms with E-state index in [4.69, 9.17) is 16.3 Å². The van der Waals surface area contributed by atoms with Crippen molar-refractivity contribution in [2.24, 2.45) is 11.8 Å². The number of rotatable bonds is 1. The van der Waals surface area contributed by atoms with E-state index in [1.165, 1.54) is 11.1 Å². The number of hydrogen-bond donors (Lipinski definition) is 2. The minimum Gasteiger partial charge on any atom is -0.490 e. The average molecular weight is 649 g/mol. The number of benzene rings is 3. The molecule has 0 radical (unpaired) electrons. The Morgan fingerprint density at radius 2 is 1.82 bits per heavy atom. The van der Waals surface area contributed by atoms with Crippen molar-refractivity contribution in [1.82, 2.24) is 4.72 Å². The monoisotopic (exact) mass is 648 g/mol. The summed E-state index contributed by atoms with van der Waals surface area (Å²) in [5, 5.41) is 12.1. The van der Waals surface area contributed by atoms with Crippen LogP contribution in [-0.2, 0) is 21.9 Å². The summed E-state index contributed by atoms with van der Waals surface area (Å²) in [6.45, 7) is 1.94. The number of halogens is 1. The molecule has 0 saturated heterocycles. The Morgan fingerprint density at radius 3 is 2.62 bits per heavy atom. The molecule has 2 heterocycles. The Balaban J connectivity index is 1.26. The smallest absolute Gasteiger partial charge is 0.264 e. The Kier molecular flexibility index (Phi) is 8.34. The molecule has 238 valence electrons. The van der Waals surface area contributed by atoms with Crippen LogP contribution in [-0.4, -0.2) is 51.0 Å². The lowest BCUT2D eigenvalue weighted by molar-refractivity contribution is 0.00891. The summed E-state index contributed by atoms with van der Waals surface area (Å²) in [7, 11) is -3.95. The highest BCUT2D eigenvalue weighted by Crippen LogP contribution is 2.47. The van der Waals surface area contributed by atoms with Gasteiger partial charge in [-0.15, -0.1) is 0 Å². The molecule has 1 amide bonds. The number of aliphatic hydroxyl groups is 1. The van der Waals surface area contributed by atoms with Gasteiger partial charge in [-0.2, -0.15) is 0 Å². The molecular formula is C36H41ClN2O5S. The van der Waals surface area contributed by atoms with E-state index in [0.29, 0.717) is 44.1 Å². The molecule has 7 rings (SSSR count). The number of aliphatic hydroxyl groups excluding tert-OH is 1. The molecular weight excluding hydrogens is 608 g/mol. The van der Waals surface area contributed by atoms with Crippen LogP contribution >= 0.6 is 11.6 Å². The van der Waals surface area contributed by atoms with Gasteiger partial charge in [0, 0.05) is 29.1 Å². The second kappa shape index (κ2) is 12.3. The largest absolute Gasteiger partial charge is 0.490 e. The van der Waals surface area contributed by atoms with Gasteiger partial charge in [-0.05, 0) is 110 Å². The second-order valence-corrected chi connectivity index (χ2v) is 15.8. The molecule has 3 aromatic rings. The normalized spacial score (nSPS) is 29.7. The van der Waals surface area contributed by atoms with E-state index in [1.807, 2.05) is 36.4 Å². The summed E-state index contributed by atoms with van der Waals surface area (Å²) in [5.74, 6) is 0.0709. The Hall–Kier alpha value is -3.07. The number of nitrogens with one attached hydrogen (secondary N) is 1. The first-order chi connectivity index (χ1) is 21.7. The fourth-order valence-electron chi connectivity index (χ4n) is 8.23. The maximum absolute atomic E-state index is 13.5. The van der Waals surface area contributed by atoms with Gasteiger partial charge in [-0.25, -0.2) is 13.1 Å². The molecule has 3 aromatic carbocycles. The van der Waals surface area contributed by atoms with Gasteiger partial charge in [0.2, 0.25) is 10.0 Å². The van der Waals surface area contributed by atoms with Crippen molar-refractivity contribution in [3.05, 3.63) is 94.0 Å². The topological polar surface area (TPSA) is 95.9 Å². The lowest BCUT2D eigenvalue weighted by Gasteiger charge is -2.45. The van der Waals surface area contributed by atoms with Crippen LogP contribution in [0.2, 0.25) is 5.02 Å². The van der Waals surface area contributed by atoms with Crippen LogP contribution in [0.25, 0.3) is 0 Å². The Bertz CT molecular complexity index is 1680. The molecule has 2 bridgehead atoms. The van der Waals surface area contributed by atoms with Gasteiger partial charge in [0.1, 0.15) is 5.75 Å². The van der Waals surface area contributed by atoms with E-state index in [9.17, 15) is 18.3 Å². The quantitative estimate of drug-likeness (QED) is 0.325. The maximum Gasteiger partial charge on any atom is 0.264 e. The van der Waals surface area contributed by atoms with E-state index in [1.54, 1.807) is 18.2 Å². The fourth-order valence-corrected chi connectivity index (χ4v) is 9.80. The summed E-state index contributed by atoms with van der Waals surface area (Å²) in [6, 6.07) is 21.0. The van der Waals surface area contributed by atoms with Gasteiger partial charge >= 0.3 is 0 Å². The third-order valence-corrected chi connectivity index (χ3v) is 12.3. The SMILES string of the molecule is O=C1NS(=O)(=O)C[C@@H](c2ccccc2)CCC[C@H](O)[C@@H]2CC[C@H]2CN2C[C@@]3(CCCc4cc(Cl)ccc43)COc3ccc1cc32. The van der Waals surface area contributed by atoms with E-state index in [-0.39, 0.29) is 28.6 Å². The summed E-state index contributed by atoms with van der Waals surface area (Å²) in [4.78, 5) is 15.9. The molecule has 4 aliphatic rings. The van der Waals surface area contributed by atoms with Gasteiger partial charge in [0.25, 0.3) is 5.91 Å². The highest BCUT2D eigenvalue weighted by Gasteiger charge is 2.44. The minimum atomic E-state index is -3.95. The number of nitrogens with zero attached hydrogens (tertiary/aromatic N) is 1. The van der Waals surface area contributed by atoms with Gasteiger partial charge in [-0.3, -0.25) is 4.79 Å². The van der Waals surface area contributed by atoms with Gasteiger partial charge < -0.3 is 14.7 Å². The molecule has 1 spiro atoms. The molecule has 7 nitrogen and oxygen atoms in total. The zero-order chi connectivity index (χ0) is 31.2. The van der Waals surface area contributed by atoms with Crippen molar-refractivity contribution in [3.8, 4) is 5.75 Å². The number of sulfonamides is 1. The summed E-state index contributed by atoms with van der Waals surface area (Å²) < 4.78 is 35.7. The van der Waals surface area contributed by atoms with Crippen LogP contribution in [0.3, 0.4) is 0 Å². The van der Waals surface area contributed by atoms with Crippen LogP contribution in [0.5, 0.6) is 5.75 Å². The minimum absolute atomic E-state index is 0.185. The zero-order valence-electron chi connectivity index (χ0n) is 25.5. The van der Waals surface area contributed by atoms with Crippen LogP contribution < -0.4 is 14.4 Å². The molecule has 2 aliphatic heterocycles. The first kappa shape index (κ1) is 30.6. The van der Waals surface area contributed by atoms with Crippen molar-refractivity contribution < 1.29 is 23.1 Å². The average Bonchev–Trinajstić information content (AvgIpc) is 3.15. The third kappa shape index (κ3) is 6.21. The molecule has 1 saturated carbocycles. The molecule has 9 heteroatoms. The van der Waals surface area contributed by atoms with Gasteiger partial charge in [0.05, 0.1) is 24.2 Å². The molecule has 1 fully saturated rings. The number of amides is 1. The number of aryl methyl sites for hydroxylation is 1. The first-order valence-corrected chi connectivity index (χ1v) is 18.3. The number of ether oxygens (including phenoxy) is 1. The van der Waals surface area contributed by atoms with Crippen molar-refractivity contribution in [2.45, 2.75) is 68.8 Å². The second-order valence-electron chi connectivity index (χ2n) is 13.6. The zero-order valence-corrected chi connectivity index (χ0v) is 27.0. The molecule has 0 unspecified atom stereocenters. The highest BCUT2D eigenvalue weighted by atomic mass is 35.5. The van der Waals surface area contributed by atoms with E-state index >= 15 is 0 Å².